The number of para-hydroxylation sites is 1. The number of hydrogen-bond donors (Lipinski definition) is 0. The average molecular weight is 676 g/mol. The van der Waals surface area contributed by atoms with Crippen LogP contribution in [-0.2, 0) is 33.4 Å². The number of methoxy groups -OCH3 is 2. The van der Waals surface area contributed by atoms with E-state index in [1.165, 1.54) is 58.9 Å². The van der Waals surface area contributed by atoms with Crippen molar-refractivity contribution in [2.75, 3.05) is 19.1 Å². The molecule has 7 rings (SSSR count). The zero-order valence-electron chi connectivity index (χ0n) is 30.1. The lowest BCUT2D eigenvalue weighted by molar-refractivity contribution is -0.455. The molecule has 51 heavy (non-hydrogen) atoms. The maximum absolute atomic E-state index is 12.1. The van der Waals surface area contributed by atoms with Gasteiger partial charge in [0.15, 0.2) is 12.3 Å². The van der Waals surface area contributed by atoms with Crippen LogP contribution in [0.15, 0.2) is 133 Å². The topological polar surface area (TPSA) is 58.8 Å². The fraction of sp³-hybridized carbons (Fsp3) is 0.222. The number of benzene rings is 5. The van der Waals surface area contributed by atoms with E-state index < -0.39 is 0 Å². The number of esters is 2. The fourth-order valence-electron chi connectivity index (χ4n) is 7.84. The van der Waals surface area contributed by atoms with Gasteiger partial charge in [-0.2, -0.15) is 4.58 Å². The summed E-state index contributed by atoms with van der Waals surface area (Å²) in [5, 5.41) is 2.48. The van der Waals surface area contributed by atoms with Crippen molar-refractivity contribution in [1.82, 2.24) is 0 Å². The molecule has 0 aromatic heterocycles. The van der Waals surface area contributed by atoms with Gasteiger partial charge in [0.25, 0.3) is 0 Å². The Morgan fingerprint density at radius 1 is 0.706 bits per heavy atom. The first-order chi connectivity index (χ1) is 24.5. The molecule has 0 fully saturated rings. The molecule has 5 aromatic rings. The number of fused-ring (bicyclic) bond motifs is 4. The number of ether oxygens (including phenoxy) is 2. The first kappa shape index (κ1) is 33.7. The molecule has 0 unspecified atom stereocenters. The van der Waals surface area contributed by atoms with Gasteiger partial charge in [-0.3, -0.25) is 0 Å². The number of anilines is 1. The SMILES string of the molecule is COC(=O)c1ccc(CN2C(=CC=CC3=[N+](Cc4ccc(C(=O)OC)cc4)c4ccc5ccccc5c4C3(C)C)C(C)(C)c3ccccc32)cc1. The van der Waals surface area contributed by atoms with Crippen molar-refractivity contribution in [3.8, 4) is 0 Å². The van der Waals surface area contributed by atoms with Crippen LogP contribution in [0.4, 0.5) is 11.4 Å². The Hall–Kier alpha value is -5.75. The van der Waals surface area contributed by atoms with E-state index in [1.807, 2.05) is 48.5 Å². The van der Waals surface area contributed by atoms with E-state index in [-0.39, 0.29) is 22.8 Å². The largest absolute Gasteiger partial charge is 0.465 e. The van der Waals surface area contributed by atoms with Crippen LogP contribution in [-0.4, -0.2) is 36.4 Å². The zero-order chi connectivity index (χ0) is 35.9. The summed E-state index contributed by atoms with van der Waals surface area (Å²) in [6.07, 6.45) is 6.73. The third-order valence-electron chi connectivity index (χ3n) is 10.5. The van der Waals surface area contributed by atoms with E-state index in [4.69, 9.17) is 9.47 Å². The minimum Gasteiger partial charge on any atom is -0.465 e. The lowest BCUT2D eigenvalue weighted by Crippen LogP contribution is -2.28. The van der Waals surface area contributed by atoms with Gasteiger partial charge in [-0.05, 0) is 78.2 Å². The Labute approximate surface area is 300 Å². The standard InChI is InChI=1S/C45H43N2O4/c1-44(2)36-14-9-10-15-37(36)46(28-30-18-22-33(23-19-30)42(48)50-5)39(44)16-11-17-40-45(3,4)41-35-13-8-7-12-32(35)26-27-38(41)47(40)29-31-20-24-34(25-21-31)43(49)51-6/h7-27H,28-29H2,1-6H3/q+1. The van der Waals surface area contributed by atoms with Crippen LogP contribution < -0.4 is 4.90 Å². The first-order valence-electron chi connectivity index (χ1n) is 17.3. The normalized spacial score (nSPS) is 16.5. The quantitative estimate of drug-likeness (QED) is 0.121. The van der Waals surface area contributed by atoms with Gasteiger partial charge in [0.1, 0.15) is 0 Å². The molecule has 2 heterocycles. The number of carbonyl (C=O) groups is 2. The summed E-state index contributed by atoms with van der Waals surface area (Å²) in [4.78, 5) is 26.6. The van der Waals surface area contributed by atoms with Crippen molar-refractivity contribution in [2.45, 2.75) is 51.6 Å². The molecule has 0 bridgehead atoms. The molecular formula is C45H43N2O4+. The Bertz CT molecular complexity index is 2260. The highest BCUT2D eigenvalue weighted by atomic mass is 16.5. The molecule has 0 radical (unpaired) electrons. The molecule has 5 aromatic carbocycles. The van der Waals surface area contributed by atoms with E-state index in [0.29, 0.717) is 24.2 Å². The molecule has 0 amide bonds. The van der Waals surface area contributed by atoms with Crippen LogP contribution >= 0.6 is 0 Å². The molecule has 0 spiro atoms. The van der Waals surface area contributed by atoms with Gasteiger partial charge in [0, 0.05) is 46.6 Å². The molecule has 6 nitrogen and oxygen atoms in total. The average Bonchev–Trinajstić information content (AvgIpc) is 3.49. The van der Waals surface area contributed by atoms with Crippen molar-refractivity contribution in [2.24, 2.45) is 0 Å². The maximum atomic E-state index is 12.1. The van der Waals surface area contributed by atoms with Gasteiger partial charge in [-0.25, -0.2) is 9.59 Å². The number of hydrogen-bond acceptors (Lipinski definition) is 5. The Kier molecular flexibility index (Phi) is 8.72. The van der Waals surface area contributed by atoms with E-state index in [9.17, 15) is 9.59 Å². The Morgan fingerprint density at radius 3 is 1.98 bits per heavy atom. The molecule has 2 aliphatic rings. The summed E-state index contributed by atoms with van der Waals surface area (Å²) < 4.78 is 12.3. The third-order valence-corrected chi connectivity index (χ3v) is 10.5. The Morgan fingerprint density at radius 2 is 1.31 bits per heavy atom. The molecule has 6 heteroatoms. The molecular weight excluding hydrogens is 633 g/mol. The molecule has 0 saturated heterocycles. The summed E-state index contributed by atoms with van der Waals surface area (Å²) in [6.45, 7) is 10.5. The zero-order valence-corrected chi connectivity index (χ0v) is 30.1. The number of carbonyl (C=O) groups excluding carboxylic acids is 2. The highest BCUT2D eigenvalue weighted by Crippen LogP contribution is 2.49. The molecule has 0 aliphatic carbocycles. The molecule has 0 N–H and O–H groups in total. The minimum atomic E-state index is -0.340. The molecule has 256 valence electrons. The number of allylic oxidation sites excluding steroid dienone is 4. The fourth-order valence-corrected chi connectivity index (χ4v) is 7.84. The monoisotopic (exact) mass is 675 g/mol. The van der Waals surface area contributed by atoms with Crippen molar-refractivity contribution in [1.29, 1.82) is 0 Å². The summed E-state index contributed by atoms with van der Waals surface area (Å²) in [5.41, 5.74) is 10.1. The molecule has 2 aliphatic heterocycles. The van der Waals surface area contributed by atoms with Gasteiger partial charge in [-0.1, -0.05) is 86.7 Å². The van der Waals surface area contributed by atoms with Crippen LogP contribution in [0.5, 0.6) is 0 Å². The predicted octanol–water partition coefficient (Wildman–Crippen LogP) is 9.43. The van der Waals surface area contributed by atoms with Crippen molar-refractivity contribution < 1.29 is 23.6 Å². The van der Waals surface area contributed by atoms with Crippen molar-refractivity contribution in [3.63, 3.8) is 0 Å². The van der Waals surface area contributed by atoms with E-state index in [0.717, 1.165) is 11.1 Å². The van der Waals surface area contributed by atoms with E-state index >= 15 is 0 Å². The highest BCUT2D eigenvalue weighted by molar-refractivity contribution is 6.07. The minimum absolute atomic E-state index is 0.233. The highest BCUT2D eigenvalue weighted by Gasteiger charge is 2.46. The molecule has 0 atom stereocenters. The van der Waals surface area contributed by atoms with Crippen molar-refractivity contribution >= 4 is 39.8 Å². The Balaban J connectivity index is 1.30. The van der Waals surface area contributed by atoms with Crippen LogP contribution in [0.25, 0.3) is 10.8 Å². The second-order valence-corrected chi connectivity index (χ2v) is 14.3. The lowest BCUT2D eigenvalue weighted by atomic mass is 9.79. The van der Waals surface area contributed by atoms with Crippen LogP contribution in [0.2, 0.25) is 0 Å². The van der Waals surface area contributed by atoms with Gasteiger partial charge < -0.3 is 14.4 Å². The van der Waals surface area contributed by atoms with Crippen LogP contribution in [0.3, 0.4) is 0 Å². The van der Waals surface area contributed by atoms with Crippen molar-refractivity contribution in [3.05, 3.63) is 167 Å². The second kappa shape index (κ2) is 13.2. The van der Waals surface area contributed by atoms with Crippen LogP contribution in [0.1, 0.15) is 70.7 Å². The second-order valence-electron chi connectivity index (χ2n) is 14.3. The van der Waals surface area contributed by atoms with Gasteiger partial charge in [0.05, 0.1) is 30.8 Å². The summed E-state index contributed by atoms with van der Waals surface area (Å²) in [5.74, 6) is -0.678. The summed E-state index contributed by atoms with van der Waals surface area (Å²) >= 11 is 0. The van der Waals surface area contributed by atoms with E-state index in [2.05, 4.69) is 116 Å². The third kappa shape index (κ3) is 5.95. The van der Waals surface area contributed by atoms with Crippen LogP contribution in [0, 0.1) is 0 Å². The van der Waals surface area contributed by atoms with E-state index in [1.54, 1.807) is 0 Å². The smallest absolute Gasteiger partial charge is 0.337 e. The number of rotatable bonds is 8. The molecule has 0 saturated carbocycles. The lowest BCUT2D eigenvalue weighted by Gasteiger charge is -2.27. The van der Waals surface area contributed by atoms with Gasteiger partial charge in [-0.15, -0.1) is 0 Å². The predicted molar refractivity (Wildman–Crippen MR) is 204 cm³/mol. The number of nitrogens with zero attached hydrogens (tertiary/aromatic N) is 2. The summed E-state index contributed by atoms with van der Waals surface area (Å²) in [7, 11) is 2.81. The maximum Gasteiger partial charge on any atom is 0.337 e. The first-order valence-corrected chi connectivity index (χ1v) is 17.3. The van der Waals surface area contributed by atoms with Gasteiger partial charge in [0.2, 0.25) is 5.69 Å². The summed E-state index contributed by atoms with van der Waals surface area (Å²) in [6, 6.07) is 37.0. The van der Waals surface area contributed by atoms with Gasteiger partial charge >= 0.3 is 11.9 Å².